The lowest BCUT2D eigenvalue weighted by atomic mass is 10.2. The van der Waals surface area contributed by atoms with E-state index in [1.54, 1.807) is 11.8 Å². The van der Waals surface area contributed by atoms with Gasteiger partial charge in [0.15, 0.2) is 5.82 Å². The molecular weight excluding hydrogens is 416 g/mol. The highest BCUT2D eigenvalue weighted by Gasteiger charge is 2.11. The van der Waals surface area contributed by atoms with Crippen LogP contribution < -0.4 is 4.74 Å². The van der Waals surface area contributed by atoms with E-state index in [1.807, 2.05) is 59.4 Å². The molecular formula is C23H27ClN4OS. The monoisotopic (exact) mass is 442 g/mol. The second-order valence-corrected chi connectivity index (χ2v) is 8.27. The van der Waals surface area contributed by atoms with Gasteiger partial charge < -0.3 is 4.74 Å². The van der Waals surface area contributed by atoms with E-state index in [0.29, 0.717) is 0 Å². The predicted octanol–water partition coefficient (Wildman–Crippen LogP) is 6.24. The third-order valence-electron chi connectivity index (χ3n) is 4.40. The van der Waals surface area contributed by atoms with Crippen LogP contribution in [0.1, 0.15) is 50.1 Å². The quantitative estimate of drug-likeness (QED) is 0.200. The number of rotatable bonds is 11. The fourth-order valence-electron chi connectivity index (χ4n) is 2.72. The van der Waals surface area contributed by atoms with Crippen LogP contribution in [-0.2, 0) is 12.2 Å². The van der Waals surface area contributed by atoms with Crippen LogP contribution in [0.25, 0.3) is 0 Å². The molecule has 0 N–H and O–H groups in total. The molecule has 0 amide bonds. The Morgan fingerprint density at radius 3 is 2.50 bits per heavy atom. The number of aryl methyl sites for hydroxylation is 1. The van der Waals surface area contributed by atoms with Crippen LogP contribution in [-0.4, -0.2) is 27.7 Å². The maximum absolute atomic E-state index is 5.97. The van der Waals surface area contributed by atoms with Crippen molar-refractivity contribution in [1.82, 2.24) is 14.9 Å². The van der Waals surface area contributed by atoms with Crippen molar-refractivity contribution < 1.29 is 4.74 Å². The Morgan fingerprint density at radius 2 is 1.80 bits per heavy atom. The second-order valence-electron chi connectivity index (χ2n) is 6.89. The van der Waals surface area contributed by atoms with Gasteiger partial charge in [-0.15, -0.1) is 10.2 Å². The van der Waals surface area contributed by atoms with Crippen molar-refractivity contribution >= 4 is 29.6 Å². The summed E-state index contributed by atoms with van der Waals surface area (Å²) in [6, 6.07) is 15.8. The van der Waals surface area contributed by atoms with Crippen LogP contribution in [0.4, 0.5) is 0 Å². The molecule has 2 aromatic carbocycles. The maximum atomic E-state index is 5.97. The Balaban J connectivity index is 1.70. The fourth-order valence-corrected chi connectivity index (χ4v) is 3.71. The molecule has 3 rings (SSSR count). The topological polar surface area (TPSA) is 52.3 Å². The van der Waals surface area contributed by atoms with Crippen LogP contribution in [0.5, 0.6) is 5.75 Å². The van der Waals surface area contributed by atoms with Crippen LogP contribution in [0.15, 0.2) is 58.8 Å². The number of halogens is 1. The van der Waals surface area contributed by atoms with Crippen LogP contribution in [0.2, 0.25) is 5.02 Å². The minimum Gasteiger partial charge on any atom is -0.494 e. The summed E-state index contributed by atoms with van der Waals surface area (Å²) in [4.78, 5) is 0. The molecule has 0 fully saturated rings. The number of thioether (sulfide) groups is 1. The minimum atomic E-state index is 0.739. The number of unbranched alkanes of at least 4 members (excludes halogenated alkanes) is 1. The molecule has 0 saturated carbocycles. The highest BCUT2D eigenvalue weighted by atomic mass is 35.5. The van der Waals surface area contributed by atoms with Gasteiger partial charge in [-0.3, -0.25) is 0 Å². The van der Waals surface area contributed by atoms with Crippen molar-refractivity contribution in [3.05, 3.63) is 70.5 Å². The van der Waals surface area contributed by atoms with Gasteiger partial charge >= 0.3 is 0 Å². The van der Waals surface area contributed by atoms with Gasteiger partial charge in [-0.05, 0) is 60.4 Å². The number of aromatic nitrogens is 3. The summed E-state index contributed by atoms with van der Waals surface area (Å²) in [6.07, 6.45) is 5.84. The first-order chi connectivity index (χ1) is 14.7. The Labute approximate surface area is 187 Å². The van der Waals surface area contributed by atoms with Crippen molar-refractivity contribution in [3.63, 3.8) is 0 Å². The molecule has 0 saturated heterocycles. The fraction of sp³-hybridized carbons (Fsp3) is 0.348. The van der Waals surface area contributed by atoms with Crippen molar-refractivity contribution in [3.8, 4) is 5.75 Å². The average Bonchev–Trinajstić information content (AvgIpc) is 3.15. The zero-order valence-electron chi connectivity index (χ0n) is 17.4. The van der Waals surface area contributed by atoms with E-state index < -0.39 is 0 Å². The van der Waals surface area contributed by atoms with Crippen LogP contribution in [0, 0.1) is 0 Å². The normalized spacial score (nSPS) is 11.3. The number of ether oxygens (including phenoxy) is 1. The van der Waals surface area contributed by atoms with Gasteiger partial charge in [-0.25, -0.2) is 0 Å². The minimum absolute atomic E-state index is 0.739. The molecule has 30 heavy (non-hydrogen) atoms. The first kappa shape index (κ1) is 22.4. The Hall–Kier alpha value is -2.31. The highest BCUT2D eigenvalue weighted by molar-refractivity contribution is 7.98. The molecule has 0 aliphatic rings. The largest absolute Gasteiger partial charge is 0.494 e. The lowest BCUT2D eigenvalue weighted by Gasteiger charge is -2.06. The molecule has 0 spiro atoms. The first-order valence-electron chi connectivity index (χ1n) is 10.3. The summed E-state index contributed by atoms with van der Waals surface area (Å²) in [5.74, 6) is 2.53. The smallest absolute Gasteiger partial charge is 0.212 e. The third-order valence-corrected chi connectivity index (χ3v) is 5.64. The third kappa shape index (κ3) is 6.61. The maximum Gasteiger partial charge on any atom is 0.212 e. The molecule has 1 aromatic heterocycles. The molecule has 0 aliphatic heterocycles. The van der Waals surface area contributed by atoms with E-state index in [9.17, 15) is 0 Å². The standard InChI is InChI=1S/C23H27ClN4OS/c1-3-5-15-29-21-13-9-18(10-14-21)16-25-28-22(6-4-2)26-27-23(28)30-17-19-7-11-20(24)12-8-19/h7-14,16H,3-6,15,17H2,1-2H3/b25-16+. The first-order valence-corrected chi connectivity index (χ1v) is 11.6. The highest BCUT2D eigenvalue weighted by Crippen LogP contribution is 2.23. The van der Waals surface area contributed by atoms with Crippen LogP contribution >= 0.6 is 23.4 Å². The summed E-state index contributed by atoms with van der Waals surface area (Å²) in [5.41, 5.74) is 2.18. The SMILES string of the molecule is CCCCOc1ccc(/C=N/n2c(CCC)nnc2SCc2ccc(Cl)cc2)cc1. The molecule has 7 heteroatoms. The van der Waals surface area contributed by atoms with Gasteiger partial charge in [0.2, 0.25) is 5.16 Å². The van der Waals surface area contributed by atoms with Gasteiger partial charge in [0, 0.05) is 17.2 Å². The Morgan fingerprint density at radius 1 is 1.03 bits per heavy atom. The summed E-state index contributed by atoms with van der Waals surface area (Å²) in [7, 11) is 0. The average molecular weight is 443 g/mol. The van der Waals surface area contributed by atoms with Crippen molar-refractivity contribution in [2.24, 2.45) is 5.10 Å². The summed E-state index contributed by atoms with van der Waals surface area (Å²) >= 11 is 7.59. The lowest BCUT2D eigenvalue weighted by molar-refractivity contribution is 0.309. The Kier molecular flexibility index (Phi) is 8.78. The molecule has 0 radical (unpaired) electrons. The van der Waals surface area contributed by atoms with Gasteiger partial charge in [0.25, 0.3) is 0 Å². The van der Waals surface area contributed by atoms with E-state index in [1.165, 1.54) is 5.56 Å². The van der Waals surface area contributed by atoms with Crippen molar-refractivity contribution in [2.75, 3.05) is 6.61 Å². The predicted molar refractivity (Wildman–Crippen MR) is 125 cm³/mol. The van der Waals surface area contributed by atoms with Crippen molar-refractivity contribution in [1.29, 1.82) is 0 Å². The van der Waals surface area contributed by atoms with Gasteiger partial charge in [-0.2, -0.15) is 9.78 Å². The van der Waals surface area contributed by atoms with E-state index in [0.717, 1.165) is 65.4 Å². The van der Waals surface area contributed by atoms with E-state index in [-0.39, 0.29) is 0 Å². The molecule has 1 heterocycles. The molecule has 158 valence electrons. The zero-order valence-corrected chi connectivity index (χ0v) is 19.0. The van der Waals surface area contributed by atoms with Gasteiger partial charge in [0.1, 0.15) is 5.75 Å². The molecule has 0 aliphatic carbocycles. The number of benzene rings is 2. The lowest BCUT2D eigenvalue weighted by Crippen LogP contribution is -2.00. The summed E-state index contributed by atoms with van der Waals surface area (Å²) in [6.45, 7) is 5.03. The van der Waals surface area contributed by atoms with E-state index in [2.05, 4.69) is 29.1 Å². The van der Waals surface area contributed by atoms with Gasteiger partial charge in [0.05, 0.1) is 12.8 Å². The van der Waals surface area contributed by atoms with Gasteiger partial charge in [-0.1, -0.05) is 55.8 Å². The number of hydrogen-bond acceptors (Lipinski definition) is 5. The van der Waals surface area contributed by atoms with E-state index in [4.69, 9.17) is 16.3 Å². The summed E-state index contributed by atoms with van der Waals surface area (Å²) in [5, 5.41) is 14.9. The number of hydrogen-bond donors (Lipinski definition) is 0. The molecule has 3 aromatic rings. The van der Waals surface area contributed by atoms with E-state index >= 15 is 0 Å². The second kappa shape index (κ2) is 11.8. The van der Waals surface area contributed by atoms with Crippen molar-refractivity contribution in [2.45, 2.75) is 50.4 Å². The zero-order chi connectivity index (χ0) is 21.2. The Bertz CT molecular complexity index is 939. The molecule has 0 atom stereocenters. The molecule has 0 unspecified atom stereocenters. The molecule has 5 nitrogen and oxygen atoms in total. The van der Waals surface area contributed by atoms with Crippen LogP contribution in [0.3, 0.4) is 0 Å². The summed E-state index contributed by atoms with van der Waals surface area (Å²) < 4.78 is 7.56. The molecule has 0 bridgehead atoms. The number of nitrogens with zero attached hydrogens (tertiary/aromatic N) is 4.